The lowest BCUT2D eigenvalue weighted by Gasteiger charge is -2.14. The molecule has 104 valence electrons. The standard InChI is InChI=1S/C15H21NO3/c1-5-13(15(18)19-4)14(17)16-9-12-8-10(2)6-7-11(12)3/h6-8,13H,5,9H2,1-4H3,(H,16,17). The summed E-state index contributed by atoms with van der Waals surface area (Å²) in [5, 5.41) is 2.79. The van der Waals surface area contributed by atoms with Gasteiger partial charge in [-0.3, -0.25) is 9.59 Å². The Morgan fingerprint density at radius 3 is 2.58 bits per heavy atom. The average molecular weight is 263 g/mol. The van der Waals surface area contributed by atoms with Crippen LogP contribution in [-0.2, 0) is 20.9 Å². The van der Waals surface area contributed by atoms with Gasteiger partial charge in [0.15, 0.2) is 0 Å². The highest BCUT2D eigenvalue weighted by Gasteiger charge is 2.25. The molecule has 4 heteroatoms. The lowest BCUT2D eigenvalue weighted by atomic mass is 10.0. The summed E-state index contributed by atoms with van der Waals surface area (Å²) < 4.78 is 4.62. The molecule has 1 rings (SSSR count). The minimum atomic E-state index is -0.727. The number of carbonyl (C=O) groups is 2. The van der Waals surface area contributed by atoms with E-state index >= 15 is 0 Å². The molecule has 1 aromatic rings. The smallest absolute Gasteiger partial charge is 0.318 e. The maximum Gasteiger partial charge on any atom is 0.318 e. The second-order valence-corrected chi connectivity index (χ2v) is 4.63. The predicted octanol–water partition coefficient (Wildman–Crippen LogP) is 2.12. The Bertz CT molecular complexity index is 468. The molecular formula is C15H21NO3. The normalized spacial score (nSPS) is 11.8. The minimum absolute atomic E-state index is 0.282. The van der Waals surface area contributed by atoms with Gasteiger partial charge >= 0.3 is 5.97 Å². The van der Waals surface area contributed by atoms with Crippen molar-refractivity contribution in [2.24, 2.45) is 5.92 Å². The van der Waals surface area contributed by atoms with E-state index in [0.717, 1.165) is 16.7 Å². The largest absolute Gasteiger partial charge is 0.468 e. The van der Waals surface area contributed by atoms with Crippen molar-refractivity contribution in [2.45, 2.75) is 33.7 Å². The molecule has 0 aliphatic carbocycles. The van der Waals surface area contributed by atoms with Crippen LogP contribution in [0.4, 0.5) is 0 Å². The summed E-state index contributed by atoms with van der Waals surface area (Å²) in [7, 11) is 1.29. The Morgan fingerprint density at radius 2 is 2.00 bits per heavy atom. The molecule has 19 heavy (non-hydrogen) atoms. The summed E-state index contributed by atoms with van der Waals surface area (Å²) in [5.41, 5.74) is 3.33. The molecule has 0 fully saturated rings. The van der Waals surface area contributed by atoms with Gasteiger partial charge in [-0.25, -0.2) is 0 Å². The second kappa shape index (κ2) is 6.92. The topological polar surface area (TPSA) is 55.4 Å². The van der Waals surface area contributed by atoms with Gasteiger partial charge in [0.25, 0.3) is 0 Å². The highest BCUT2D eigenvalue weighted by atomic mass is 16.5. The first-order chi connectivity index (χ1) is 8.99. The van der Waals surface area contributed by atoms with Crippen LogP contribution in [0.5, 0.6) is 0 Å². The van der Waals surface area contributed by atoms with Crippen LogP contribution in [-0.4, -0.2) is 19.0 Å². The van der Waals surface area contributed by atoms with Gasteiger partial charge in [0.1, 0.15) is 5.92 Å². The van der Waals surface area contributed by atoms with Gasteiger partial charge in [0.2, 0.25) is 5.91 Å². The molecule has 0 saturated carbocycles. The lowest BCUT2D eigenvalue weighted by Crippen LogP contribution is -2.35. The molecule has 0 saturated heterocycles. The third kappa shape index (κ3) is 4.09. The number of carbonyl (C=O) groups excluding carboxylic acids is 2. The molecule has 1 N–H and O–H groups in total. The van der Waals surface area contributed by atoms with Gasteiger partial charge in [0, 0.05) is 6.54 Å². The fourth-order valence-corrected chi connectivity index (χ4v) is 1.90. The summed E-state index contributed by atoms with van der Waals surface area (Å²) >= 11 is 0. The second-order valence-electron chi connectivity index (χ2n) is 4.63. The maximum atomic E-state index is 11.9. The molecule has 0 heterocycles. The van der Waals surface area contributed by atoms with Gasteiger partial charge in [-0.1, -0.05) is 30.7 Å². The van der Waals surface area contributed by atoms with E-state index in [2.05, 4.69) is 10.1 Å². The van der Waals surface area contributed by atoms with Crippen molar-refractivity contribution in [1.29, 1.82) is 0 Å². The monoisotopic (exact) mass is 263 g/mol. The molecule has 0 bridgehead atoms. The van der Waals surface area contributed by atoms with Crippen molar-refractivity contribution in [3.8, 4) is 0 Å². The molecular weight excluding hydrogens is 242 g/mol. The zero-order chi connectivity index (χ0) is 14.4. The van der Waals surface area contributed by atoms with Gasteiger partial charge in [-0.05, 0) is 31.4 Å². The minimum Gasteiger partial charge on any atom is -0.468 e. The molecule has 0 aliphatic rings. The van der Waals surface area contributed by atoms with E-state index in [-0.39, 0.29) is 5.91 Å². The number of nitrogens with one attached hydrogen (secondary N) is 1. The first-order valence-corrected chi connectivity index (χ1v) is 6.41. The Hall–Kier alpha value is -1.84. The van der Waals surface area contributed by atoms with Crippen molar-refractivity contribution >= 4 is 11.9 Å². The van der Waals surface area contributed by atoms with Crippen LogP contribution in [0.15, 0.2) is 18.2 Å². The first kappa shape index (κ1) is 15.2. The quantitative estimate of drug-likeness (QED) is 0.654. The summed E-state index contributed by atoms with van der Waals surface area (Å²) in [6.07, 6.45) is 0.436. The van der Waals surface area contributed by atoms with E-state index in [1.165, 1.54) is 7.11 Å². The summed E-state index contributed by atoms with van der Waals surface area (Å²) in [6.45, 7) is 6.23. The number of hydrogen-bond donors (Lipinski definition) is 1. The van der Waals surface area contributed by atoms with Gasteiger partial charge in [0.05, 0.1) is 7.11 Å². The van der Waals surface area contributed by atoms with Crippen molar-refractivity contribution in [1.82, 2.24) is 5.32 Å². The van der Waals surface area contributed by atoms with Crippen LogP contribution in [0.1, 0.15) is 30.0 Å². The fraction of sp³-hybridized carbons (Fsp3) is 0.467. The van der Waals surface area contributed by atoms with Crippen molar-refractivity contribution < 1.29 is 14.3 Å². The van der Waals surface area contributed by atoms with Crippen molar-refractivity contribution in [3.63, 3.8) is 0 Å². The molecule has 1 unspecified atom stereocenters. The van der Waals surface area contributed by atoms with E-state index in [0.29, 0.717) is 13.0 Å². The maximum absolute atomic E-state index is 11.9. The van der Waals surface area contributed by atoms with E-state index in [9.17, 15) is 9.59 Å². The van der Waals surface area contributed by atoms with Crippen LogP contribution < -0.4 is 5.32 Å². The number of aryl methyl sites for hydroxylation is 2. The first-order valence-electron chi connectivity index (χ1n) is 6.41. The molecule has 0 radical (unpaired) electrons. The number of rotatable bonds is 5. The summed E-state index contributed by atoms with van der Waals surface area (Å²) in [6, 6.07) is 6.09. The van der Waals surface area contributed by atoms with Crippen molar-refractivity contribution in [3.05, 3.63) is 34.9 Å². The Labute approximate surface area is 114 Å². The Kier molecular flexibility index (Phi) is 5.55. The van der Waals surface area contributed by atoms with E-state index in [4.69, 9.17) is 0 Å². The van der Waals surface area contributed by atoms with E-state index in [1.54, 1.807) is 6.92 Å². The Morgan fingerprint density at radius 1 is 1.32 bits per heavy atom. The van der Waals surface area contributed by atoms with Crippen molar-refractivity contribution in [2.75, 3.05) is 7.11 Å². The summed E-state index contributed by atoms with van der Waals surface area (Å²) in [5.74, 6) is -1.49. The summed E-state index contributed by atoms with van der Waals surface area (Å²) in [4.78, 5) is 23.4. The third-order valence-electron chi connectivity index (χ3n) is 3.17. The molecule has 0 aromatic heterocycles. The van der Waals surface area contributed by atoms with Crippen LogP contribution in [0.3, 0.4) is 0 Å². The van der Waals surface area contributed by atoms with Gasteiger partial charge in [-0.2, -0.15) is 0 Å². The number of methoxy groups -OCH3 is 1. The molecule has 0 spiro atoms. The van der Waals surface area contributed by atoms with Crippen LogP contribution >= 0.6 is 0 Å². The average Bonchev–Trinajstić information content (AvgIpc) is 2.40. The molecule has 1 atom stereocenters. The zero-order valence-electron chi connectivity index (χ0n) is 11.9. The highest BCUT2D eigenvalue weighted by molar-refractivity contribution is 5.97. The van der Waals surface area contributed by atoms with Crippen LogP contribution in [0.25, 0.3) is 0 Å². The van der Waals surface area contributed by atoms with Gasteiger partial charge in [-0.15, -0.1) is 0 Å². The predicted molar refractivity (Wildman–Crippen MR) is 73.6 cm³/mol. The molecule has 4 nitrogen and oxygen atoms in total. The van der Waals surface area contributed by atoms with Crippen LogP contribution in [0.2, 0.25) is 0 Å². The SMILES string of the molecule is CCC(C(=O)NCc1cc(C)ccc1C)C(=O)OC. The zero-order valence-corrected chi connectivity index (χ0v) is 11.9. The number of hydrogen-bond acceptors (Lipinski definition) is 3. The number of esters is 1. The third-order valence-corrected chi connectivity index (χ3v) is 3.17. The molecule has 1 aromatic carbocycles. The van der Waals surface area contributed by atoms with E-state index in [1.807, 2.05) is 32.0 Å². The Balaban J connectivity index is 2.67. The highest BCUT2D eigenvalue weighted by Crippen LogP contribution is 2.11. The fourth-order valence-electron chi connectivity index (χ4n) is 1.90. The molecule has 0 aliphatic heterocycles. The lowest BCUT2D eigenvalue weighted by molar-refractivity contribution is -0.150. The van der Waals surface area contributed by atoms with Gasteiger partial charge < -0.3 is 10.1 Å². The number of benzene rings is 1. The van der Waals surface area contributed by atoms with E-state index < -0.39 is 11.9 Å². The number of amides is 1. The molecule has 1 amide bonds. The number of ether oxygens (including phenoxy) is 1. The van der Waals surface area contributed by atoms with Crippen LogP contribution in [0, 0.1) is 19.8 Å².